The topological polar surface area (TPSA) is 70.2 Å². The average molecular weight is 410 g/mol. The van der Waals surface area contributed by atoms with Crippen molar-refractivity contribution in [1.82, 2.24) is 16.0 Å². The van der Waals surface area contributed by atoms with Crippen molar-refractivity contribution in [2.24, 2.45) is 0 Å². The Balaban J connectivity index is 0.00000364. The highest BCUT2D eigenvalue weighted by molar-refractivity contribution is 6.30. The summed E-state index contributed by atoms with van der Waals surface area (Å²) < 4.78 is 0. The summed E-state index contributed by atoms with van der Waals surface area (Å²) in [5, 5.41) is 9.33. The van der Waals surface area contributed by atoms with Crippen LogP contribution in [0.2, 0.25) is 5.02 Å². The molecule has 0 radical (unpaired) electrons. The first-order valence-electron chi connectivity index (χ1n) is 8.55. The maximum Gasteiger partial charge on any atom is 0.251 e. The molecule has 27 heavy (non-hydrogen) atoms. The van der Waals surface area contributed by atoms with E-state index in [0.717, 1.165) is 5.56 Å². The lowest BCUT2D eigenvalue weighted by Crippen LogP contribution is -2.50. The third-order valence-corrected chi connectivity index (χ3v) is 4.34. The van der Waals surface area contributed by atoms with Crippen LogP contribution in [0.5, 0.6) is 0 Å². The summed E-state index contributed by atoms with van der Waals surface area (Å²) in [6, 6.07) is 15.7. The number of halogens is 2. The number of hydrogen-bond acceptors (Lipinski definition) is 3. The van der Waals surface area contributed by atoms with Gasteiger partial charge in [-0.3, -0.25) is 9.59 Å². The second-order valence-electron chi connectivity index (χ2n) is 6.16. The van der Waals surface area contributed by atoms with Gasteiger partial charge in [0.05, 0.1) is 0 Å². The molecule has 0 heterocycles. The third-order valence-electron chi connectivity index (χ3n) is 4.09. The fourth-order valence-electron chi connectivity index (χ4n) is 2.38. The first kappa shape index (κ1) is 23.0. The third kappa shape index (κ3) is 7.59. The molecular weight excluding hydrogens is 385 g/mol. The number of amides is 2. The van der Waals surface area contributed by atoms with Crippen LogP contribution in [0.1, 0.15) is 22.8 Å². The molecule has 0 saturated heterocycles. The van der Waals surface area contributed by atoms with Gasteiger partial charge >= 0.3 is 0 Å². The Morgan fingerprint density at radius 3 is 2.26 bits per heavy atom. The first-order chi connectivity index (χ1) is 12.5. The van der Waals surface area contributed by atoms with E-state index in [1.54, 1.807) is 24.3 Å². The SMILES string of the molecule is CNC(C)CNC(=O)C(Cc1ccccc1)NC(=O)c1ccc(Cl)cc1.Cl. The first-order valence-corrected chi connectivity index (χ1v) is 8.92. The molecule has 2 aromatic carbocycles. The molecule has 5 nitrogen and oxygen atoms in total. The van der Waals surface area contributed by atoms with E-state index in [2.05, 4.69) is 16.0 Å². The van der Waals surface area contributed by atoms with Gasteiger partial charge in [0.2, 0.25) is 5.91 Å². The Morgan fingerprint density at radius 1 is 1.04 bits per heavy atom. The van der Waals surface area contributed by atoms with E-state index in [4.69, 9.17) is 11.6 Å². The number of hydrogen-bond donors (Lipinski definition) is 3. The van der Waals surface area contributed by atoms with Gasteiger partial charge in [-0.1, -0.05) is 41.9 Å². The van der Waals surface area contributed by atoms with Crippen LogP contribution in [0.4, 0.5) is 0 Å². The van der Waals surface area contributed by atoms with Gasteiger partial charge in [-0.25, -0.2) is 0 Å². The Hall–Kier alpha value is -2.08. The minimum Gasteiger partial charge on any atom is -0.353 e. The van der Waals surface area contributed by atoms with Crippen LogP contribution in [0, 0.1) is 0 Å². The molecule has 2 aromatic rings. The lowest BCUT2D eigenvalue weighted by molar-refractivity contribution is -0.123. The molecule has 2 amide bonds. The van der Waals surface area contributed by atoms with E-state index in [1.165, 1.54) is 0 Å². The molecule has 0 aliphatic heterocycles. The van der Waals surface area contributed by atoms with E-state index >= 15 is 0 Å². The molecule has 2 atom stereocenters. The maximum atomic E-state index is 12.6. The summed E-state index contributed by atoms with van der Waals surface area (Å²) in [7, 11) is 1.83. The van der Waals surface area contributed by atoms with Gasteiger partial charge in [-0.05, 0) is 43.8 Å². The monoisotopic (exact) mass is 409 g/mol. The normalized spacial score (nSPS) is 12.4. The van der Waals surface area contributed by atoms with Crippen molar-refractivity contribution >= 4 is 35.8 Å². The van der Waals surface area contributed by atoms with Gasteiger partial charge in [0.1, 0.15) is 6.04 Å². The highest BCUT2D eigenvalue weighted by atomic mass is 35.5. The zero-order chi connectivity index (χ0) is 18.9. The van der Waals surface area contributed by atoms with Crippen molar-refractivity contribution in [3.8, 4) is 0 Å². The highest BCUT2D eigenvalue weighted by Crippen LogP contribution is 2.10. The van der Waals surface area contributed by atoms with E-state index in [1.807, 2.05) is 44.3 Å². The zero-order valence-electron chi connectivity index (χ0n) is 15.4. The van der Waals surface area contributed by atoms with Crippen LogP contribution in [0.15, 0.2) is 54.6 Å². The Kier molecular flexibility index (Phi) is 9.86. The molecule has 0 aliphatic rings. The summed E-state index contributed by atoms with van der Waals surface area (Å²) in [5.41, 5.74) is 1.44. The smallest absolute Gasteiger partial charge is 0.251 e. The summed E-state index contributed by atoms with van der Waals surface area (Å²) in [6.45, 7) is 2.45. The molecule has 146 valence electrons. The lowest BCUT2D eigenvalue weighted by Gasteiger charge is -2.20. The van der Waals surface area contributed by atoms with Gasteiger partial charge in [-0.15, -0.1) is 12.4 Å². The van der Waals surface area contributed by atoms with Crippen LogP contribution in [0.3, 0.4) is 0 Å². The van der Waals surface area contributed by atoms with Crippen molar-refractivity contribution in [2.75, 3.05) is 13.6 Å². The number of likely N-dealkylation sites (N-methyl/N-ethyl adjacent to an activating group) is 1. The average Bonchev–Trinajstić information content (AvgIpc) is 2.66. The predicted octanol–water partition coefficient (Wildman–Crippen LogP) is 2.83. The second-order valence-corrected chi connectivity index (χ2v) is 6.59. The fourth-order valence-corrected chi connectivity index (χ4v) is 2.51. The molecule has 0 spiro atoms. The molecule has 0 aliphatic carbocycles. The van der Waals surface area contributed by atoms with Crippen LogP contribution >= 0.6 is 24.0 Å². The number of nitrogens with one attached hydrogen (secondary N) is 3. The van der Waals surface area contributed by atoms with Gasteiger partial charge in [0.15, 0.2) is 0 Å². The molecule has 0 aromatic heterocycles. The van der Waals surface area contributed by atoms with Crippen molar-refractivity contribution in [2.45, 2.75) is 25.4 Å². The summed E-state index contributed by atoms with van der Waals surface area (Å²) in [6.07, 6.45) is 0.417. The number of benzene rings is 2. The van der Waals surface area contributed by atoms with Crippen molar-refractivity contribution in [3.63, 3.8) is 0 Å². The zero-order valence-corrected chi connectivity index (χ0v) is 16.9. The molecule has 7 heteroatoms. The molecule has 2 unspecified atom stereocenters. The van der Waals surface area contributed by atoms with E-state index in [9.17, 15) is 9.59 Å². The highest BCUT2D eigenvalue weighted by Gasteiger charge is 2.22. The van der Waals surface area contributed by atoms with Gasteiger partial charge in [0.25, 0.3) is 5.91 Å². The summed E-state index contributed by atoms with van der Waals surface area (Å²) in [4.78, 5) is 25.1. The summed E-state index contributed by atoms with van der Waals surface area (Å²) in [5.74, 6) is -0.516. The molecule has 0 fully saturated rings. The van der Waals surface area contributed by atoms with Gasteiger partial charge < -0.3 is 16.0 Å². The van der Waals surface area contributed by atoms with Crippen molar-refractivity contribution in [1.29, 1.82) is 0 Å². The van der Waals surface area contributed by atoms with Crippen LogP contribution in [0.25, 0.3) is 0 Å². The molecular formula is C20H25Cl2N3O2. The molecule has 2 rings (SSSR count). The van der Waals surface area contributed by atoms with Crippen LogP contribution in [-0.4, -0.2) is 37.5 Å². The maximum absolute atomic E-state index is 12.6. The van der Waals surface area contributed by atoms with E-state index < -0.39 is 6.04 Å². The van der Waals surface area contributed by atoms with Crippen molar-refractivity contribution < 1.29 is 9.59 Å². The lowest BCUT2D eigenvalue weighted by atomic mass is 10.0. The number of rotatable bonds is 8. The predicted molar refractivity (Wildman–Crippen MR) is 112 cm³/mol. The summed E-state index contributed by atoms with van der Waals surface area (Å²) >= 11 is 5.86. The molecule has 3 N–H and O–H groups in total. The number of carbonyl (C=O) groups excluding carboxylic acids is 2. The van der Waals surface area contributed by atoms with Gasteiger partial charge in [0, 0.05) is 29.6 Å². The van der Waals surface area contributed by atoms with Gasteiger partial charge in [-0.2, -0.15) is 0 Å². The van der Waals surface area contributed by atoms with E-state index in [-0.39, 0.29) is 30.3 Å². The van der Waals surface area contributed by atoms with Crippen LogP contribution in [-0.2, 0) is 11.2 Å². The van der Waals surface area contributed by atoms with Crippen molar-refractivity contribution in [3.05, 3.63) is 70.7 Å². The molecule has 0 saturated carbocycles. The fraction of sp³-hybridized carbons (Fsp3) is 0.300. The Morgan fingerprint density at radius 2 is 1.67 bits per heavy atom. The second kappa shape index (κ2) is 11.6. The quantitative estimate of drug-likeness (QED) is 0.627. The largest absolute Gasteiger partial charge is 0.353 e. The molecule has 0 bridgehead atoms. The standard InChI is InChI=1S/C20H24ClN3O2.ClH/c1-14(22-2)13-23-20(26)18(12-15-6-4-3-5-7-15)24-19(25)16-8-10-17(21)11-9-16;/h3-11,14,18,22H,12-13H2,1-2H3,(H,23,26)(H,24,25);1H. The minimum absolute atomic E-state index is 0. The Labute approximate surface area is 171 Å². The minimum atomic E-state index is -0.662. The van der Waals surface area contributed by atoms with Crippen LogP contribution < -0.4 is 16.0 Å². The Bertz CT molecular complexity index is 724. The van der Waals surface area contributed by atoms with E-state index in [0.29, 0.717) is 23.6 Å². The number of carbonyl (C=O) groups is 2.